The van der Waals surface area contributed by atoms with Crippen molar-refractivity contribution < 1.29 is 18.0 Å². The van der Waals surface area contributed by atoms with Gasteiger partial charge in [-0.1, -0.05) is 19.8 Å². The van der Waals surface area contributed by atoms with E-state index in [1.54, 1.807) is 13.1 Å². The predicted molar refractivity (Wildman–Crippen MR) is 105 cm³/mol. The Balaban J connectivity index is 1.55. The summed E-state index contributed by atoms with van der Waals surface area (Å²) >= 11 is 0. The fourth-order valence-electron chi connectivity index (χ4n) is 3.94. The first-order valence-corrected chi connectivity index (χ1v) is 11.6. The molecule has 1 aliphatic carbocycles. The fourth-order valence-corrected chi connectivity index (χ4v) is 5.69. The van der Waals surface area contributed by atoms with Crippen LogP contribution in [0.4, 0.5) is 5.69 Å². The molecule has 28 heavy (non-hydrogen) atoms. The topological polar surface area (TPSA) is 113 Å². The molecule has 0 spiro atoms. The Kier molecular flexibility index (Phi) is 6.71. The Hall–Kier alpha value is -1.94. The van der Waals surface area contributed by atoms with Crippen LogP contribution in [0, 0.1) is 0 Å². The summed E-state index contributed by atoms with van der Waals surface area (Å²) in [5.41, 5.74) is 0.457. The Bertz CT molecular complexity index is 801. The van der Waals surface area contributed by atoms with E-state index in [-0.39, 0.29) is 30.2 Å². The Morgan fingerprint density at radius 1 is 1.21 bits per heavy atom. The van der Waals surface area contributed by atoms with Crippen LogP contribution in [-0.4, -0.2) is 58.7 Å². The van der Waals surface area contributed by atoms with Crippen LogP contribution in [0.1, 0.15) is 51.9 Å². The number of nitrogens with zero attached hydrogens (tertiary/aromatic N) is 3. The van der Waals surface area contributed by atoms with Crippen LogP contribution < -0.4 is 10.6 Å². The van der Waals surface area contributed by atoms with E-state index in [2.05, 4.69) is 15.7 Å². The Morgan fingerprint density at radius 3 is 2.68 bits per heavy atom. The molecule has 2 N–H and O–H groups in total. The van der Waals surface area contributed by atoms with E-state index in [4.69, 9.17) is 0 Å². The molecular formula is C18H29N5O4S. The molecule has 2 heterocycles. The van der Waals surface area contributed by atoms with Gasteiger partial charge in [0.25, 0.3) is 0 Å². The van der Waals surface area contributed by atoms with Crippen molar-refractivity contribution in [1.29, 1.82) is 0 Å². The molecule has 2 aliphatic rings. The lowest BCUT2D eigenvalue weighted by molar-refractivity contribution is -0.122. The molecule has 1 saturated carbocycles. The molecule has 1 unspecified atom stereocenters. The van der Waals surface area contributed by atoms with Gasteiger partial charge >= 0.3 is 0 Å². The number of hydrogen-bond acceptors (Lipinski definition) is 5. The number of sulfonamides is 1. The van der Waals surface area contributed by atoms with Crippen LogP contribution in [0.25, 0.3) is 0 Å². The van der Waals surface area contributed by atoms with Crippen molar-refractivity contribution in [3.8, 4) is 0 Å². The van der Waals surface area contributed by atoms with Gasteiger partial charge in [-0.2, -0.15) is 9.40 Å². The van der Waals surface area contributed by atoms with Gasteiger partial charge in [0.2, 0.25) is 21.8 Å². The molecule has 2 amide bonds. The van der Waals surface area contributed by atoms with Crippen LogP contribution in [0.3, 0.4) is 0 Å². The Morgan fingerprint density at radius 2 is 1.96 bits per heavy atom. The molecule has 3 rings (SSSR count). The van der Waals surface area contributed by atoms with Crippen molar-refractivity contribution in [3.63, 3.8) is 0 Å². The summed E-state index contributed by atoms with van der Waals surface area (Å²) in [7, 11) is -3.42. The van der Waals surface area contributed by atoms with Crippen LogP contribution in [0.2, 0.25) is 0 Å². The Labute approximate surface area is 165 Å². The van der Waals surface area contributed by atoms with Crippen molar-refractivity contribution in [2.24, 2.45) is 0 Å². The maximum Gasteiger partial charge on any atom is 0.242 e. The molecule has 0 bridgehead atoms. The van der Waals surface area contributed by atoms with Gasteiger partial charge in [-0.3, -0.25) is 14.3 Å². The molecule has 156 valence electrons. The third-order valence-electron chi connectivity index (χ3n) is 5.25. The summed E-state index contributed by atoms with van der Waals surface area (Å²) in [6, 6.07) is -0.439. The zero-order valence-corrected chi connectivity index (χ0v) is 17.1. The molecular weight excluding hydrogens is 382 g/mol. The lowest BCUT2D eigenvalue weighted by Gasteiger charge is -2.22. The SMILES string of the molecule is CCCS(=O)(=O)N1CCCC1C(=O)Nc1cnn(CC(=O)NC2CCCC2)c1. The van der Waals surface area contributed by atoms with E-state index >= 15 is 0 Å². The molecule has 1 atom stereocenters. The first kappa shape index (κ1) is 20.8. The van der Waals surface area contributed by atoms with Gasteiger partial charge in [-0.15, -0.1) is 0 Å². The van der Waals surface area contributed by atoms with Crippen molar-refractivity contribution in [2.75, 3.05) is 17.6 Å². The third-order valence-corrected chi connectivity index (χ3v) is 7.33. The standard InChI is InChI=1S/C18H29N5O4S/c1-2-10-28(26,27)23-9-5-8-16(23)18(25)21-15-11-19-22(12-15)13-17(24)20-14-6-3-4-7-14/h11-12,14,16H,2-10,13H2,1H3,(H,20,24)(H,21,25). The second-order valence-electron chi connectivity index (χ2n) is 7.55. The molecule has 1 aliphatic heterocycles. The van der Waals surface area contributed by atoms with Gasteiger partial charge in [-0.05, 0) is 32.1 Å². The molecule has 1 saturated heterocycles. The summed E-state index contributed by atoms with van der Waals surface area (Å²) in [6.45, 7) is 2.27. The van der Waals surface area contributed by atoms with Gasteiger partial charge in [0.15, 0.2) is 0 Å². The molecule has 1 aromatic rings. The first-order valence-electron chi connectivity index (χ1n) is 10.0. The number of carbonyl (C=O) groups is 2. The molecule has 10 heteroatoms. The summed E-state index contributed by atoms with van der Waals surface area (Å²) in [5, 5.41) is 9.85. The lowest BCUT2D eigenvalue weighted by Crippen LogP contribution is -2.43. The highest BCUT2D eigenvalue weighted by atomic mass is 32.2. The zero-order chi connectivity index (χ0) is 20.1. The summed E-state index contributed by atoms with van der Waals surface area (Å²) in [4.78, 5) is 24.7. The van der Waals surface area contributed by atoms with Crippen LogP contribution in [0.5, 0.6) is 0 Å². The van der Waals surface area contributed by atoms with E-state index in [9.17, 15) is 18.0 Å². The average Bonchev–Trinajstić information content (AvgIpc) is 3.36. The van der Waals surface area contributed by atoms with Crippen molar-refractivity contribution in [1.82, 2.24) is 19.4 Å². The first-order chi connectivity index (χ1) is 13.4. The zero-order valence-electron chi connectivity index (χ0n) is 16.3. The number of amides is 2. The molecule has 0 radical (unpaired) electrons. The highest BCUT2D eigenvalue weighted by Gasteiger charge is 2.38. The van der Waals surface area contributed by atoms with Crippen LogP contribution >= 0.6 is 0 Å². The van der Waals surface area contributed by atoms with Gasteiger partial charge in [0.1, 0.15) is 12.6 Å². The number of hydrogen-bond donors (Lipinski definition) is 2. The maximum absolute atomic E-state index is 12.6. The quantitative estimate of drug-likeness (QED) is 0.665. The number of anilines is 1. The largest absolute Gasteiger partial charge is 0.352 e. The van der Waals surface area contributed by atoms with Crippen LogP contribution in [-0.2, 0) is 26.2 Å². The average molecular weight is 412 g/mol. The smallest absolute Gasteiger partial charge is 0.242 e. The minimum absolute atomic E-state index is 0.0464. The van der Waals surface area contributed by atoms with Gasteiger partial charge < -0.3 is 10.6 Å². The van der Waals surface area contributed by atoms with Crippen molar-refractivity contribution >= 4 is 27.5 Å². The number of carbonyl (C=O) groups excluding carboxylic acids is 2. The summed E-state index contributed by atoms with van der Waals surface area (Å²) in [6.07, 6.45) is 9.09. The second-order valence-corrected chi connectivity index (χ2v) is 9.59. The van der Waals surface area contributed by atoms with Crippen LogP contribution in [0.15, 0.2) is 12.4 Å². The predicted octanol–water partition coefficient (Wildman–Crippen LogP) is 1.08. The summed E-state index contributed by atoms with van der Waals surface area (Å²) < 4.78 is 27.5. The maximum atomic E-state index is 12.6. The monoisotopic (exact) mass is 411 g/mol. The van der Waals surface area contributed by atoms with E-state index in [1.807, 2.05) is 0 Å². The highest BCUT2D eigenvalue weighted by Crippen LogP contribution is 2.23. The van der Waals surface area contributed by atoms with E-state index in [0.29, 0.717) is 31.5 Å². The van der Waals surface area contributed by atoms with E-state index in [1.165, 1.54) is 15.2 Å². The third kappa shape index (κ3) is 5.11. The van der Waals surface area contributed by atoms with E-state index < -0.39 is 16.1 Å². The molecule has 0 aromatic carbocycles. The minimum atomic E-state index is -3.42. The van der Waals surface area contributed by atoms with Gasteiger partial charge in [0.05, 0.1) is 17.6 Å². The number of rotatable bonds is 8. The van der Waals surface area contributed by atoms with E-state index in [0.717, 1.165) is 25.7 Å². The number of aromatic nitrogens is 2. The molecule has 2 fully saturated rings. The summed E-state index contributed by atoms with van der Waals surface area (Å²) in [5.74, 6) is -0.405. The number of nitrogens with one attached hydrogen (secondary N) is 2. The fraction of sp³-hybridized carbons (Fsp3) is 0.722. The molecule has 9 nitrogen and oxygen atoms in total. The normalized spacial score (nSPS) is 21.1. The van der Waals surface area contributed by atoms with Gasteiger partial charge in [-0.25, -0.2) is 8.42 Å². The lowest BCUT2D eigenvalue weighted by atomic mass is 10.2. The van der Waals surface area contributed by atoms with Gasteiger partial charge in [0, 0.05) is 18.8 Å². The highest BCUT2D eigenvalue weighted by molar-refractivity contribution is 7.89. The molecule has 1 aromatic heterocycles. The second kappa shape index (κ2) is 9.04. The minimum Gasteiger partial charge on any atom is -0.352 e. The van der Waals surface area contributed by atoms with Crippen molar-refractivity contribution in [3.05, 3.63) is 12.4 Å². The van der Waals surface area contributed by atoms with Crippen molar-refractivity contribution in [2.45, 2.75) is 70.5 Å².